The number of rotatable bonds is 6. The quantitative estimate of drug-likeness (QED) is 0.769. The number of amides is 1. The Hall–Kier alpha value is -2.69. The first kappa shape index (κ1) is 19.1. The Labute approximate surface area is 159 Å². The molecule has 27 heavy (non-hydrogen) atoms. The van der Waals surface area contributed by atoms with Gasteiger partial charge in [0, 0.05) is 24.5 Å². The Morgan fingerprint density at radius 3 is 2.41 bits per heavy atom. The molecule has 0 unspecified atom stereocenters. The molecule has 1 fully saturated rings. The van der Waals surface area contributed by atoms with Gasteiger partial charge in [0.15, 0.2) is 0 Å². The first-order valence-corrected chi connectivity index (χ1v) is 9.50. The third kappa shape index (κ3) is 4.94. The molecule has 1 aromatic heterocycles. The number of nitrogens with zero attached hydrogens (tertiary/aromatic N) is 1. The molecule has 0 bridgehead atoms. The summed E-state index contributed by atoms with van der Waals surface area (Å²) in [5.74, 6) is -0.923. The zero-order valence-electron chi connectivity index (χ0n) is 15.7. The second kappa shape index (κ2) is 8.33. The number of anilines is 1. The van der Waals surface area contributed by atoms with Crippen molar-refractivity contribution in [2.24, 2.45) is 5.41 Å². The van der Waals surface area contributed by atoms with E-state index in [0.29, 0.717) is 0 Å². The van der Waals surface area contributed by atoms with Crippen LogP contribution in [0.4, 0.5) is 5.69 Å². The van der Waals surface area contributed by atoms with E-state index in [4.69, 9.17) is 0 Å². The summed E-state index contributed by atoms with van der Waals surface area (Å²) in [6.07, 6.45) is 8.54. The Morgan fingerprint density at radius 2 is 1.74 bits per heavy atom. The molecule has 1 aromatic carbocycles. The number of carboxylic acids is 1. The highest BCUT2D eigenvalue weighted by Crippen LogP contribution is 2.42. The summed E-state index contributed by atoms with van der Waals surface area (Å²) < 4.78 is 0. The monoisotopic (exact) mass is 366 g/mol. The molecule has 2 aromatic rings. The van der Waals surface area contributed by atoms with E-state index >= 15 is 0 Å². The van der Waals surface area contributed by atoms with Crippen molar-refractivity contribution in [3.63, 3.8) is 0 Å². The van der Waals surface area contributed by atoms with E-state index in [0.717, 1.165) is 54.5 Å². The van der Waals surface area contributed by atoms with Crippen molar-refractivity contribution in [2.75, 3.05) is 5.32 Å². The third-order valence-electron chi connectivity index (χ3n) is 5.50. The molecule has 3 rings (SSSR count). The maximum atomic E-state index is 12.8. The van der Waals surface area contributed by atoms with E-state index in [-0.39, 0.29) is 18.7 Å². The van der Waals surface area contributed by atoms with E-state index < -0.39 is 11.4 Å². The lowest BCUT2D eigenvalue weighted by Gasteiger charge is -2.35. The number of hydrogen-bond donors (Lipinski definition) is 2. The third-order valence-corrected chi connectivity index (χ3v) is 5.50. The highest BCUT2D eigenvalue weighted by atomic mass is 16.4. The van der Waals surface area contributed by atoms with E-state index in [1.54, 1.807) is 12.4 Å². The number of carboxylic acid groups (broad SMARTS) is 1. The zero-order chi connectivity index (χ0) is 19.3. The largest absolute Gasteiger partial charge is 0.481 e. The predicted molar refractivity (Wildman–Crippen MR) is 105 cm³/mol. The van der Waals surface area contributed by atoms with E-state index in [1.165, 1.54) is 0 Å². The molecule has 1 aliphatic rings. The van der Waals surface area contributed by atoms with Crippen molar-refractivity contribution >= 4 is 17.6 Å². The fourth-order valence-electron chi connectivity index (χ4n) is 4.05. The summed E-state index contributed by atoms with van der Waals surface area (Å²) in [5.41, 5.74) is 3.39. The summed E-state index contributed by atoms with van der Waals surface area (Å²) in [7, 11) is 0. The molecule has 0 saturated heterocycles. The Bertz CT molecular complexity index is 812. The van der Waals surface area contributed by atoms with Gasteiger partial charge in [0.25, 0.3) is 0 Å². The standard InChI is InChI=1S/C22H26N2O3/c1-16-5-6-18(17-7-11-23-12-8-17)13-19(16)24-20(25)14-22(15-21(26)27)9-3-2-4-10-22/h5-8,11-13H,2-4,9-10,14-15H2,1H3,(H,24,25)(H,26,27). The molecule has 0 spiro atoms. The minimum atomic E-state index is -0.819. The van der Waals surface area contributed by atoms with Crippen LogP contribution in [-0.4, -0.2) is 22.0 Å². The molecule has 1 aliphatic carbocycles. The number of pyridine rings is 1. The molecule has 0 radical (unpaired) electrons. The zero-order valence-corrected chi connectivity index (χ0v) is 15.7. The maximum absolute atomic E-state index is 12.8. The van der Waals surface area contributed by atoms with Gasteiger partial charge in [-0.3, -0.25) is 14.6 Å². The number of hydrogen-bond acceptors (Lipinski definition) is 3. The van der Waals surface area contributed by atoms with Gasteiger partial charge in [0.1, 0.15) is 0 Å². The van der Waals surface area contributed by atoms with Crippen LogP contribution in [0.3, 0.4) is 0 Å². The van der Waals surface area contributed by atoms with Crippen LogP contribution in [0.2, 0.25) is 0 Å². The van der Waals surface area contributed by atoms with Crippen LogP contribution in [-0.2, 0) is 9.59 Å². The van der Waals surface area contributed by atoms with E-state index in [2.05, 4.69) is 10.3 Å². The molecule has 0 aliphatic heterocycles. The highest BCUT2D eigenvalue weighted by molar-refractivity contribution is 5.93. The van der Waals surface area contributed by atoms with Gasteiger partial charge in [0.05, 0.1) is 6.42 Å². The van der Waals surface area contributed by atoms with Crippen molar-refractivity contribution in [1.82, 2.24) is 4.98 Å². The minimum absolute atomic E-state index is 0.0659. The summed E-state index contributed by atoms with van der Waals surface area (Å²) >= 11 is 0. The summed E-state index contributed by atoms with van der Waals surface area (Å²) in [4.78, 5) is 28.1. The Kier molecular flexibility index (Phi) is 5.89. The first-order chi connectivity index (χ1) is 13.0. The van der Waals surface area contributed by atoms with Crippen molar-refractivity contribution in [3.05, 3.63) is 48.3 Å². The highest BCUT2D eigenvalue weighted by Gasteiger charge is 2.36. The smallest absolute Gasteiger partial charge is 0.303 e. The van der Waals surface area contributed by atoms with Crippen molar-refractivity contribution < 1.29 is 14.7 Å². The van der Waals surface area contributed by atoms with Crippen LogP contribution < -0.4 is 5.32 Å². The van der Waals surface area contributed by atoms with Gasteiger partial charge >= 0.3 is 5.97 Å². The van der Waals surface area contributed by atoms with Crippen molar-refractivity contribution in [3.8, 4) is 11.1 Å². The van der Waals surface area contributed by atoms with Gasteiger partial charge in [-0.2, -0.15) is 0 Å². The van der Waals surface area contributed by atoms with Gasteiger partial charge in [-0.15, -0.1) is 0 Å². The SMILES string of the molecule is Cc1ccc(-c2ccncc2)cc1NC(=O)CC1(CC(=O)O)CCCCC1. The first-order valence-electron chi connectivity index (χ1n) is 9.50. The fourth-order valence-corrected chi connectivity index (χ4v) is 4.05. The number of carbonyl (C=O) groups is 2. The van der Waals surface area contributed by atoms with Crippen LogP contribution in [0.1, 0.15) is 50.5 Å². The summed E-state index contributed by atoms with van der Waals surface area (Å²) in [6, 6.07) is 9.83. The number of aromatic nitrogens is 1. The van der Waals surface area contributed by atoms with Crippen molar-refractivity contribution in [1.29, 1.82) is 0 Å². The van der Waals surface area contributed by atoms with Gasteiger partial charge in [0.2, 0.25) is 5.91 Å². The van der Waals surface area contributed by atoms with E-state index in [9.17, 15) is 14.7 Å². The topological polar surface area (TPSA) is 79.3 Å². The molecule has 142 valence electrons. The number of aryl methyl sites for hydroxylation is 1. The van der Waals surface area contributed by atoms with Crippen LogP contribution in [0.15, 0.2) is 42.7 Å². The average Bonchev–Trinajstić information content (AvgIpc) is 2.64. The maximum Gasteiger partial charge on any atom is 0.303 e. The molecular formula is C22H26N2O3. The number of aliphatic carboxylic acids is 1. The van der Waals surface area contributed by atoms with Gasteiger partial charge in [-0.05, 0) is 60.1 Å². The van der Waals surface area contributed by atoms with Gasteiger partial charge in [-0.1, -0.05) is 31.4 Å². The van der Waals surface area contributed by atoms with Crippen LogP contribution in [0.5, 0.6) is 0 Å². The number of nitrogens with one attached hydrogen (secondary N) is 1. The second-order valence-electron chi connectivity index (χ2n) is 7.62. The summed E-state index contributed by atoms with van der Waals surface area (Å²) in [6.45, 7) is 1.96. The average molecular weight is 366 g/mol. The lowest BCUT2D eigenvalue weighted by Crippen LogP contribution is -2.32. The second-order valence-corrected chi connectivity index (χ2v) is 7.62. The Morgan fingerprint density at radius 1 is 1.04 bits per heavy atom. The molecule has 0 atom stereocenters. The lowest BCUT2D eigenvalue weighted by molar-refractivity contribution is -0.140. The van der Waals surface area contributed by atoms with E-state index in [1.807, 2.05) is 37.3 Å². The van der Waals surface area contributed by atoms with Crippen LogP contribution >= 0.6 is 0 Å². The lowest BCUT2D eigenvalue weighted by atomic mass is 9.69. The normalized spacial score (nSPS) is 15.9. The minimum Gasteiger partial charge on any atom is -0.481 e. The van der Waals surface area contributed by atoms with Crippen molar-refractivity contribution in [2.45, 2.75) is 51.9 Å². The molecule has 2 N–H and O–H groups in total. The number of benzene rings is 1. The fraction of sp³-hybridized carbons (Fsp3) is 0.409. The molecule has 1 saturated carbocycles. The van der Waals surface area contributed by atoms with Gasteiger partial charge in [-0.25, -0.2) is 0 Å². The predicted octanol–water partition coefficient (Wildman–Crippen LogP) is 4.81. The molecular weight excluding hydrogens is 340 g/mol. The molecule has 1 amide bonds. The molecule has 5 nitrogen and oxygen atoms in total. The Balaban J connectivity index is 1.76. The molecule has 1 heterocycles. The molecule has 5 heteroatoms. The van der Waals surface area contributed by atoms with Crippen LogP contribution in [0, 0.1) is 12.3 Å². The van der Waals surface area contributed by atoms with Gasteiger partial charge < -0.3 is 10.4 Å². The summed E-state index contributed by atoms with van der Waals surface area (Å²) in [5, 5.41) is 12.3. The van der Waals surface area contributed by atoms with Crippen LogP contribution in [0.25, 0.3) is 11.1 Å². The number of carbonyl (C=O) groups excluding carboxylic acids is 1.